The molecule has 0 aliphatic carbocycles. The highest BCUT2D eigenvalue weighted by molar-refractivity contribution is 9.10. The predicted octanol–water partition coefficient (Wildman–Crippen LogP) is 3.07. The Morgan fingerprint density at radius 1 is 1.08 bits per heavy atom. The van der Waals surface area contributed by atoms with Crippen molar-refractivity contribution in [3.05, 3.63) is 79.8 Å². The van der Waals surface area contributed by atoms with Crippen LogP contribution in [0.4, 0.5) is 5.69 Å². The van der Waals surface area contributed by atoms with Gasteiger partial charge < -0.3 is 10.4 Å². The van der Waals surface area contributed by atoms with Gasteiger partial charge in [-0.25, -0.2) is 0 Å². The molecular formula is C17H11BrN2O5. The van der Waals surface area contributed by atoms with E-state index in [1.165, 1.54) is 24.3 Å². The number of nitro groups is 1. The second-order valence-corrected chi connectivity index (χ2v) is 6.27. The van der Waals surface area contributed by atoms with E-state index in [4.69, 9.17) is 0 Å². The number of carbonyl (C=O) groups is 2. The third-order valence-electron chi connectivity index (χ3n) is 3.82. The van der Waals surface area contributed by atoms with E-state index in [1.54, 1.807) is 24.3 Å². The molecule has 0 unspecified atom stereocenters. The van der Waals surface area contributed by atoms with Gasteiger partial charge in [0.2, 0.25) is 0 Å². The summed E-state index contributed by atoms with van der Waals surface area (Å²) in [5, 5.41) is 23.8. The number of Topliss-reactive ketones (excluding diaryl/α,β-unsaturated/α-hetero) is 1. The Balaban J connectivity index is 2.07. The van der Waals surface area contributed by atoms with Crippen LogP contribution in [0.1, 0.15) is 17.2 Å². The molecule has 3 rings (SSSR count). The number of carbonyl (C=O) groups excluding carboxylic acids is 2. The molecule has 0 bridgehead atoms. The van der Waals surface area contributed by atoms with Crippen molar-refractivity contribution >= 4 is 39.1 Å². The van der Waals surface area contributed by atoms with Gasteiger partial charge in [-0.3, -0.25) is 19.7 Å². The molecule has 2 aromatic rings. The number of aliphatic hydroxyl groups is 1. The van der Waals surface area contributed by atoms with Crippen LogP contribution < -0.4 is 5.32 Å². The largest absolute Gasteiger partial charge is 0.507 e. The molecule has 7 nitrogen and oxygen atoms in total. The first kappa shape index (κ1) is 16.8. The van der Waals surface area contributed by atoms with E-state index in [1.807, 2.05) is 0 Å². The van der Waals surface area contributed by atoms with Gasteiger partial charge in [0.25, 0.3) is 17.4 Å². The number of nitrogens with one attached hydrogen (secondary N) is 1. The minimum atomic E-state index is -0.871. The van der Waals surface area contributed by atoms with Crippen LogP contribution in [-0.4, -0.2) is 21.7 Å². The lowest BCUT2D eigenvalue weighted by Crippen LogP contribution is -2.21. The van der Waals surface area contributed by atoms with Crippen LogP contribution in [-0.2, 0) is 9.59 Å². The average Bonchev–Trinajstić information content (AvgIpc) is 2.90. The lowest BCUT2D eigenvalue weighted by atomic mass is 9.96. The predicted molar refractivity (Wildman–Crippen MR) is 92.7 cm³/mol. The fourth-order valence-corrected chi connectivity index (χ4v) is 2.83. The van der Waals surface area contributed by atoms with Crippen LogP contribution in [0.25, 0.3) is 5.76 Å². The Hall–Kier alpha value is -3.00. The number of hydrogen-bond acceptors (Lipinski definition) is 5. The minimum absolute atomic E-state index is 0.0822. The Kier molecular flexibility index (Phi) is 4.37. The van der Waals surface area contributed by atoms with Crippen molar-refractivity contribution in [3.63, 3.8) is 0 Å². The standard InChI is InChI=1S/C17H11BrN2O5/c18-11-5-1-10(2-6-11)15(21)13-14(19-17(23)16(13)22)9-3-7-12(8-4-9)20(24)25/h1-8,14,21H,(H,19,23)/b15-13+/t14-/m0/s1. The number of rotatable bonds is 3. The highest BCUT2D eigenvalue weighted by Gasteiger charge is 2.39. The lowest BCUT2D eigenvalue weighted by Gasteiger charge is -2.13. The number of nitro benzene ring substituents is 1. The number of hydrogen-bond donors (Lipinski definition) is 2. The third-order valence-corrected chi connectivity index (χ3v) is 4.35. The fraction of sp³-hybridized carbons (Fsp3) is 0.0588. The van der Waals surface area contributed by atoms with Gasteiger partial charge in [-0.15, -0.1) is 0 Å². The molecule has 8 heteroatoms. The van der Waals surface area contributed by atoms with E-state index < -0.39 is 22.7 Å². The normalized spacial score (nSPS) is 18.8. The molecule has 0 radical (unpaired) electrons. The molecule has 1 aliphatic heterocycles. The van der Waals surface area contributed by atoms with Crippen LogP contribution in [0.3, 0.4) is 0 Å². The molecule has 0 saturated carbocycles. The molecule has 1 saturated heterocycles. The highest BCUT2D eigenvalue weighted by Crippen LogP contribution is 2.33. The van der Waals surface area contributed by atoms with Gasteiger partial charge in [-0.05, 0) is 29.8 Å². The Morgan fingerprint density at radius 2 is 1.68 bits per heavy atom. The maximum absolute atomic E-state index is 12.2. The van der Waals surface area contributed by atoms with Gasteiger partial charge in [-0.2, -0.15) is 0 Å². The zero-order valence-corrected chi connectivity index (χ0v) is 14.2. The molecule has 25 heavy (non-hydrogen) atoms. The molecule has 0 spiro atoms. The van der Waals surface area contributed by atoms with Gasteiger partial charge in [-0.1, -0.05) is 28.1 Å². The summed E-state index contributed by atoms with van der Waals surface area (Å²) in [5.74, 6) is -1.97. The molecule has 2 aromatic carbocycles. The van der Waals surface area contributed by atoms with Crippen LogP contribution in [0.15, 0.2) is 58.6 Å². The zero-order valence-electron chi connectivity index (χ0n) is 12.6. The number of aliphatic hydroxyl groups excluding tert-OH is 1. The van der Waals surface area contributed by atoms with E-state index in [0.29, 0.717) is 11.1 Å². The van der Waals surface area contributed by atoms with Crippen molar-refractivity contribution in [1.29, 1.82) is 0 Å². The summed E-state index contributed by atoms with van der Waals surface area (Å²) in [5.41, 5.74) is 0.654. The van der Waals surface area contributed by atoms with Crippen molar-refractivity contribution in [2.45, 2.75) is 6.04 Å². The first-order valence-corrected chi connectivity index (χ1v) is 7.96. The van der Waals surface area contributed by atoms with E-state index in [0.717, 1.165) is 4.47 Å². The molecule has 2 N–H and O–H groups in total. The van der Waals surface area contributed by atoms with Gasteiger partial charge in [0.05, 0.1) is 16.5 Å². The molecular weight excluding hydrogens is 392 g/mol. The maximum atomic E-state index is 12.2. The number of ketones is 1. The van der Waals surface area contributed by atoms with Crippen LogP contribution >= 0.6 is 15.9 Å². The summed E-state index contributed by atoms with van der Waals surface area (Å²) in [6.45, 7) is 0. The fourth-order valence-electron chi connectivity index (χ4n) is 2.57. The molecule has 1 amide bonds. The number of amides is 1. The second-order valence-electron chi connectivity index (χ2n) is 5.35. The zero-order chi connectivity index (χ0) is 18.1. The van der Waals surface area contributed by atoms with E-state index >= 15 is 0 Å². The lowest BCUT2D eigenvalue weighted by molar-refractivity contribution is -0.384. The topological polar surface area (TPSA) is 110 Å². The van der Waals surface area contributed by atoms with Gasteiger partial charge in [0, 0.05) is 22.2 Å². The molecule has 1 aliphatic rings. The summed E-state index contributed by atoms with van der Waals surface area (Å²) in [7, 11) is 0. The highest BCUT2D eigenvalue weighted by atomic mass is 79.9. The van der Waals surface area contributed by atoms with E-state index in [-0.39, 0.29) is 17.0 Å². The monoisotopic (exact) mass is 402 g/mol. The summed E-state index contributed by atoms with van der Waals surface area (Å²) < 4.78 is 0.799. The summed E-state index contributed by atoms with van der Waals surface area (Å²) in [4.78, 5) is 34.2. The van der Waals surface area contributed by atoms with Gasteiger partial charge in [0.1, 0.15) is 5.76 Å². The summed E-state index contributed by atoms with van der Waals surface area (Å²) >= 11 is 3.28. The first-order chi connectivity index (χ1) is 11.9. The second kappa shape index (κ2) is 6.48. The first-order valence-electron chi connectivity index (χ1n) is 7.17. The quantitative estimate of drug-likeness (QED) is 0.269. The third kappa shape index (κ3) is 3.16. The smallest absolute Gasteiger partial charge is 0.293 e. The van der Waals surface area contributed by atoms with E-state index in [9.17, 15) is 24.8 Å². The Labute approximate surface area is 150 Å². The average molecular weight is 403 g/mol. The van der Waals surface area contributed by atoms with Crippen LogP contribution in [0.5, 0.6) is 0 Å². The number of nitrogens with zero attached hydrogens (tertiary/aromatic N) is 1. The Bertz CT molecular complexity index is 904. The van der Waals surface area contributed by atoms with Crippen molar-refractivity contribution in [1.82, 2.24) is 5.32 Å². The number of halogens is 1. The number of non-ortho nitro benzene ring substituents is 1. The molecule has 1 heterocycles. The van der Waals surface area contributed by atoms with Crippen molar-refractivity contribution in [2.24, 2.45) is 0 Å². The maximum Gasteiger partial charge on any atom is 0.293 e. The SMILES string of the molecule is O=C1N[C@@H](c2ccc([N+](=O)[O-])cc2)/C(=C(\O)c2ccc(Br)cc2)C1=O. The van der Waals surface area contributed by atoms with Crippen molar-refractivity contribution < 1.29 is 19.6 Å². The summed E-state index contributed by atoms with van der Waals surface area (Å²) in [6, 6.07) is 11.2. The molecule has 1 fully saturated rings. The molecule has 1 atom stereocenters. The molecule has 0 aromatic heterocycles. The van der Waals surface area contributed by atoms with E-state index in [2.05, 4.69) is 21.2 Å². The Morgan fingerprint density at radius 3 is 2.24 bits per heavy atom. The minimum Gasteiger partial charge on any atom is -0.507 e. The van der Waals surface area contributed by atoms with Crippen LogP contribution in [0, 0.1) is 10.1 Å². The van der Waals surface area contributed by atoms with Gasteiger partial charge >= 0.3 is 0 Å². The van der Waals surface area contributed by atoms with Gasteiger partial charge in [0.15, 0.2) is 0 Å². The van der Waals surface area contributed by atoms with Crippen molar-refractivity contribution in [3.8, 4) is 0 Å². The molecule has 126 valence electrons. The summed E-state index contributed by atoms with van der Waals surface area (Å²) in [6.07, 6.45) is 0. The van der Waals surface area contributed by atoms with Crippen LogP contribution in [0.2, 0.25) is 0 Å². The number of benzene rings is 2. The van der Waals surface area contributed by atoms with Crippen molar-refractivity contribution in [2.75, 3.05) is 0 Å².